The van der Waals surface area contributed by atoms with Crippen LogP contribution >= 0.6 is 24.0 Å². The molecule has 2 N–H and O–H groups in total. The molecule has 0 unspecified atom stereocenters. The first-order valence-corrected chi connectivity index (χ1v) is 9.03. The SMILES string of the molecule is CN=C(NCc1cccc2cccnc12)Nc1ccc2c(c1)OCCCO2.I. The van der Waals surface area contributed by atoms with Crippen molar-refractivity contribution in [1.29, 1.82) is 0 Å². The standard InChI is InChI=1S/C21H22N4O2.HI/c1-22-21(24-14-16-6-2-5-15-7-3-10-23-20(15)16)25-17-8-9-18-19(13-17)27-12-4-11-26-18;/h2-3,5-10,13H,4,11-12,14H2,1H3,(H2,22,24,25);1H. The molecule has 1 aliphatic heterocycles. The van der Waals surface area contributed by atoms with E-state index in [2.05, 4.69) is 38.8 Å². The number of aromatic nitrogens is 1. The number of benzene rings is 2. The maximum Gasteiger partial charge on any atom is 0.195 e. The van der Waals surface area contributed by atoms with Crippen LogP contribution in [0.3, 0.4) is 0 Å². The summed E-state index contributed by atoms with van der Waals surface area (Å²) >= 11 is 0. The molecule has 0 spiro atoms. The average molecular weight is 490 g/mol. The van der Waals surface area contributed by atoms with Gasteiger partial charge >= 0.3 is 0 Å². The molecule has 0 radical (unpaired) electrons. The highest BCUT2D eigenvalue weighted by Gasteiger charge is 2.11. The van der Waals surface area contributed by atoms with Gasteiger partial charge in [0.05, 0.1) is 18.7 Å². The first kappa shape index (κ1) is 20.2. The van der Waals surface area contributed by atoms with Gasteiger partial charge in [-0.3, -0.25) is 9.98 Å². The molecule has 3 aromatic rings. The first-order valence-electron chi connectivity index (χ1n) is 9.03. The van der Waals surface area contributed by atoms with Gasteiger partial charge in [0.1, 0.15) is 0 Å². The van der Waals surface area contributed by atoms with Crippen LogP contribution in [0.2, 0.25) is 0 Å². The number of nitrogens with one attached hydrogen (secondary N) is 2. The lowest BCUT2D eigenvalue weighted by Crippen LogP contribution is -2.30. The smallest absolute Gasteiger partial charge is 0.195 e. The highest BCUT2D eigenvalue weighted by Crippen LogP contribution is 2.32. The van der Waals surface area contributed by atoms with E-state index in [0.717, 1.165) is 40.1 Å². The lowest BCUT2D eigenvalue weighted by Gasteiger charge is -2.14. The van der Waals surface area contributed by atoms with Crippen LogP contribution in [0.1, 0.15) is 12.0 Å². The Hall–Kier alpha value is -2.55. The van der Waals surface area contributed by atoms with E-state index in [1.807, 2.05) is 36.5 Å². The van der Waals surface area contributed by atoms with E-state index in [4.69, 9.17) is 9.47 Å². The minimum Gasteiger partial charge on any atom is -0.490 e. The summed E-state index contributed by atoms with van der Waals surface area (Å²) in [5.41, 5.74) is 3.01. The van der Waals surface area contributed by atoms with Gasteiger partial charge in [0.15, 0.2) is 17.5 Å². The van der Waals surface area contributed by atoms with E-state index in [0.29, 0.717) is 25.7 Å². The maximum atomic E-state index is 5.75. The quantitative estimate of drug-likeness (QED) is 0.327. The fourth-order valence-electron chi connectivity index (χ4n) is 3.05. The predicted octanol–water partition coefficient (Wildman–Crippen LogP) is 4.20. The molecule has 7 heteroatoms. The van der Waals surface area contributed by atoms with Crippen molar-refractivity contribution < 1.29 is 9.47 Å². The van der Waals surface area contributed by atoms with Crippen LogP contribution in [0.15, 0.2) is 59.7 Å². The van der Waals surface area contributed by atoms with Crippen LogP contribution in [0, 0.1) is 0 Å². The first-order chi connectivity index (χ1) is 13.3. The van der Waals surface area contributed by atoms with Crippen LogP contribution in [0.5, 0.6) is 11.5 Å². The van der Waals surface area contributed by atoms with Crippen molar-refractivity contribution in [1.82, 2.24) is 10.3 Å². The summed E-state index contributed by atoms with van der Waals surface area (Å²) in [5.74, 6) is 2.21. The Bertz CT molecular complexity index is 972. The van der Waals surface area contributed by atoms with Crippen molar-refractivity contribution in [3.63, 3.8) is 0 Å². The van der Waals surface area contributed by atoms with Crippen LogP contribution < -0.4 is 20.1 Å². The van der Waals surface area contributed by atoms with Crippen LogP contribution in [0.25, 0.3) is 10.9 Å². The van der Waals surface area contributed by atoms with Gasteiger partial charge in [-0.15, -0.1) is 24.0 Å². The summed E-state index contributed by atoms with van der Waals surface area (Å²) in [6, 6.07) is 16.0. The number of rotatable bonds is 3. The molecule has 0 saturated carbocycles. The second-order valence-electron chi connectivity index (χ2n) is 6.26. The molecule has 0 fully saturated rings. The number of ether oxygens (including phenoxy) is 2. The molecule has 4 rings (SSSR count). The molecule has 0 amide bonds. The van der Waals surface area contributed by atoms with Crippen molar-refractivity contribution in [2.75, 3.05) is 25.6 Å². The summed E-state index contributed by atoms with van der Waals surface area (Å²) in [6.07, 6.45) is 2.70. The highest BCUT2D eigenvalue weighted by atomic mass is 127. The molecule has 1 aliphatic rings. The number of hydrogen-bond acceptors (Lipinski definition) is 4. The van der Waals surface area contributed by atoms with Crippen molar-refractivity contribution in [2.45, 2.75) is 13.0 Å². The zero-order valence-electron chi connectivity index (χ0n) is 15.6. The molecule has 0 aliphatic carbocycles. The van der Waals surface area contributed by atoms with Gasteiger partial charge in [0.2, 0.25) is 0 Å². The fraction of sp³-hybridized carbons (Fsp3) is 0.238. The number of aliphatic imine (C=N–C) groups is 1. The number of halogens is 1. The number of pyridine rings is 1. The molecule has 28 heavy (non-hydrogen) atoms. The Kier molecular flexibility index (Phi) is 6.91. The molecule has 2 heterocycles. The van der Waals surface area contributed by atoms with Gasteiger partial charge < -0.3 is 20.1 Å². The van der Waals surface area contributed by atoms with Gasteiger partial charge in [0.25, 0.3) is 0 Å². The Morgan fingerprint density at radius 1 is 1.07 bits per heavy atom. The lowest BCUT2D eigenvalue weighted by molar-refractivity contribution is 0.297. The van der Waals surface area contributed by atoms with Gasteiger partial charge in [0, 0.05) is 43.4 Å². The lowest BCUT2D eigenvalue weighted by atomic mass is 10.1. The second-order valence-corrected chi connectivity index (χ2v) is 6.26. The summed E-state index contributed by atoms with van der Waals surface area (Å²) in [5, 5.41) is 7.77. The Morgan fingerprint density at radius 3 is 2.75 bits per heavy atom. The van der Waals surface area contributed by atoms with Gasteiger partial charge in [-0.2, -0.15) is 0 Å². The topological polar surface area (TPSA) is 67.8 Å². The predicted molar refractivity (Wildman–Crippen MR) is 123 cm³/mol. The average Bonchev–Trinajstić information content (AvgIpc) is 2.96. The minimum absolute atomic E-state index is 0. The summed E-state index contributed by atoms with van der Waals surface area (Å²) in [4.78, 5) is 8.81. The van der Waals surface area contributed by atoms with Crippen LogP contribution in [-0.2, 0) is 6.54 Å². The molecule has 6 nitrogen and oxygen atoms in total. The van der Waals surface area contributed by atoms with E-state index in [9.17, 15) is 0 Å². The largest absolute Gasteiger partial charge is 0.490 e. The zero-order chi connectivity index (χ0) is 18.5. The highest BCUT2D eigenvalue weighted by molar-refractivity contribution is 14.0. The summed E-state index contributed by atoms with van der Waals surface area (Å²) in [7, 11) is 1.75. The normalized spacial score (nSPS) is 13.4. The minimum atomic E-state index is 0. The third-order valence-corrected chi connectivity index (χ3v) is 4.40. The number of para-hydroxylation sites is 1. The Balaban J connectivity index is 0.00000225. The fourth-order valence-corrected chi connectivity index (χ4v) is 3.05. The number of guanidine groups is 1. The van der Waals surface area contributed by atoms with E-state index in [-0.39, 0.29) is 24.0 Å². The zero-order valence-corrected chi connectivity index (χ0v) is 18.0. The van der Waals surface area contributed by atoms with Crippen molar-refractivity contribution >= 4 is 46.5 Å². The van der Waals surface area contributed by atoms with E-state index >= 15 is 0 Å². The molecular formula is C21H23IN4O2. The third kappa shape index (κ3) is 4.64. The molecule has 2 aromatic carbocycles. The van der Waals surface area contributed by atoms with Gasteiger partial charge in [-0.05, 0) is 23.8 Å². The Labute approximate surface area is 181 Å². The molecule has 1 aromatic heterocycles. The van der Waals surface area contributed by atoms with E-state index < -0.39 is 0 Å². The van der Waals surface area contributed by atoms with Gasteiger partial charge in [-0.1, -0.05) is 24.3 Å². The maximum absolute atomic E-state index is 5.75. The molecule has 146 valence electrons. The van der Waals surface area contributed by atoms with Crippen molar-refractivity contribution in [3.05, 3.63) is 60.3 Å². The van der Waals surface area contributed by atoms with Crippen molar-refractivity contribution in [2.24, 2.45) is 4.99 Å². The van der Waals surface area contributed by atoms with E-state index in [1.165, 1.54) is 0 Å². The molecule has 0 atom stereocenters. The number of nitrogens with zero attached hydrogens (tertiary/aromatic N) is 2. The van der Waals surface area contributed by atoms with E-state index in [1.54, 1.807) is 7.05 Å². The van der Waals surface area contributed by atoms with Crippen LogP contribution in [-0.4, -0.2) is 31.2 Å². The second kappa shape index (κ2) is 9.59. The summed E-state index contributed by atoms with van der Waals surface area (Å²) < 4.78 is 11.4. The van der Waals surface area contributed by atoms with Crippen LogP contribution in [0.4, 0.5) is 5.69 Å². The number of hydrogen-bond donors (Lipinski definition) is 2. The third-order valence-electron chi connectivity index (χ3n) is 4.40. The molecule has 0 saturated heterocycles. The van der Waals surface area contributed by atoms with Crippen molar-refractivity contribution in [3.8, 4) is 11.5 Å². The Morgan fingerprint density at radius 2 is 1.89 bits per heavy atom. The molecular weight excluding hydrogens is 467 g/mol. The van der Waals surface area contributed by atoms with Gasteiger partial charge in [-0.25, -0.2) is 0 Å². The number of fused-ring (bicyclic) bond motifs is 2. The molecule has 0 bridgehead atoms. The summed E-state index contributed by atoms with van der Waals surface area (Å²) in [6.45, 7) is 1.97. The number of anilines is 1. The monoisotopic (exact) mass is 490 g/mol.